The lowest BCUT2D eigenvalue weighted by molar-refractivity contribution is 0.0932. The highest BCUT2D eigenvalue weighted by molar-refractivity contribution is 7.89. The lowest BCUT2D eigenvalue weighted by Gasteiger charge is -2.31. The van der Waals surface area contributed by atoms with Gasteiger partial charge in [-0.15, -0.1) is 0 Å². The standard InChI is InChI=1S/C20H31N3O3S/c1-16-9-10-18(27(25,26)23-13-11-22(2)12-14-23)15-19(16)20(24)21-17-7-5-3-4-6-8-17/h9-10,15,17H,3-8,11-14H2,1-2H3,(H,21,24). The van der Waals surface area contributed by atoms with E-state index in [0.29, 0.717) is 18.7 Å². The number of amides is 1. The summed E-state index contributed by atoms with van der Waals surface area (Å²) in [6.45, 7) is 4.26. The van der Waals surface area contributed by atoms with Gasteiger partial charge in [-0.1, -0.05) is 31.7 Å². The van der Waals surface area contributed by atoms with Gasteiger partial charge in [-0.25, -0.2) is 8.42 Å². The van der Waals surface area contributed by atoms with E-state index in [1.807, 2.05) is 14.0 Å². The van der Waals surface area contributed by atoms with Crippen LogP contribution in [0.4, 0.5) is 0 Å². The van der Waals surface area contributed by atoms with E-state index in [-0.39, 0.29) is 16.8 Å². The quantitative estimate of drug-likeness (QED) is 0.798. The van der Waals surface area contributed by atoms with E-state index in [1.165, 1.54) is 17.1 Å². The number of likely N-dealkylation sites (N-methyl/N-ethyl adjacent to an activating group) is 1. The van der Waals surface area contributed by atoms with Crippen LogP contribution in [0.15, 0.2) is 23.1 Å². The highest BCUT2D eigenvalue weighted by Crippen LogP contribution is 2.22. The zero-order valence-electron chi connectivity index (χ0n) is 16.4. The summed E-state index contributed by atoms with van der Waals surface area (Å²) in [6.07, 6.45) is 6.74. The van der Waals surface area contributed by atoms with Gasteiger partial charge in [0.15, 0.2) is 0 Å². The van der Waals surface area contributed by atoms with Gasteiger partial charge in [0, 0.05) is 37.8 Å². The molecule has 0 unspecified atom stereocenters. The first-order chi connectivity index (χ1) is 12.9. The fraction of sp³-hybridized carbons (Fsp3) is 0.650. The van der Waals surface area contributed by atoms with Crippen LogP contribution in [0.1, 0.15) is 54.4 Å². The molecule has 1 saturated heterocycles. The summed E-state index contributed by atoms with van der Waals surface area (Å²) in [7, 11) is -1.58. The first-order valence-electron chi connectivity index (χ1n) is 9.98. The lowest BCUT2D eigenvalue weighted by atomic mass is 10.1. The van der Waals surface area contributed by atoms with Crippen LogP contribution in [0.5, 0.6) is 0 Å². The predicted molar refractivity (Wildman–Crippen MR) is 106 cm³/mol. The Hall–Kier alpha value is -1.44. The molecule has 3 rings (SSSR count). The van der Waals surface area contributed by atoms with Crippen LogP contribution in [0.2, 0.25) is 0 Å². The Bertz CT molecular complexity index is 763. The van der Waals surface area contributed by atoms with E-state index in [0.717, 1.165) is 44.3 Å². The largest absolute Gasteiger partial charge is 0.349 e. The van der Waals surface area contributed by atoms with E-state index in [4.69, 9.17) is 0 Å². The Kier molecular flexibility index (Phi) is 6.55. The molecule has 0 atom stereocenters. The van der Waals surface area contributed by atoms with Gasteiger partial charge in [0.1, 0.15) is 0 Å². The number of sulfonamides is 1. The molecule has 1 aromatic carbocycles. The summed E-state index contributed by atoms with van der Waals surface area (Å²) in [5.41, 5.74) is 1.27. The van der Waals surface area contributed by atoms with Gasteiger partial charge in [-0.3, -0.25) is 4.79 Å². The fourth-order valence-electron chi connectivity index (χ4n) is 3.87. The third-order valence-corrected chi connectivity index (χ3v) is 7.64. The molecule has 1 amide bonds. The maximum Gasteiger partial charge on any atom is 0.251 e. The zero-order chi connectivity index (χ0) is 19.4. The molecule has 2 aliphatic rings. The molecule has 2 fully saturated rings. The molecule has 0 radical (unpaired) electrons. The summed E-state index contributed by atoms with van der Waals surface area (Å²) in [5.74, 6) is -0.158. The van der Waals surface area contributed by atoms with Crippen molar-refractivity contribution in [1.82, 2.24) is 14.5 Å². The average molecular weight is 394 g/mol. The minimum atomic E-state index is -3.57. The lowest BCUT2D eigenvalue weighted by Crippen LogP contribution is -2.47. The second-order valence-corrected chi connectivity index (χ2v) is 9.78. The van der Waals surface area contributed by atoms with Gasteiger partial charge in [0.05, 0.1) is 4.90 Å². The Balaban J connectivity index is 1.78. The molecule has 1 aliphatic carbocycles. The second-order valence-electron chi connectivity index (χ2n) is 7.85. The average Bonchev–Trinajstić information content (AvgIpc) is 2.91. The number of hydrogen-bond acceptors (Lipinski definition) is 4. The van der Waals surface area contributed by atoms with Crippen molar-refractivity contribution in [1.29, 1.82) is 0 Å². The summed E-state index contributed by atoms with van der Waals surface area (Å²) in [4.78, 5) is 15.1. The molecular weight excluding hydrogens is 362 g/mol. The fourth-order valence-corrected chi connectivity index (χ4v) is 5.32. The monoisotopic (exact) mass is 393 g/mol. The number of rotatable bonds is 4. The number of aryl methyl sites for hydroxylation is 1. The SMILES string of the molecule is Cc1ccc(S(=O)(=O)N2CCN(C)CC2)cc1C(=O)NC1CCCCCC1. The molecule has 1 N–H and O–H groups in total. The Morgan fingerprint density at radius 1 is 1.04 bits per heavy atom. The molecule has 6 nitrogen and oxygen atoms in total. The van der Waals surface area contributed by atoms with Gasteiger partial charge >= 0.3 is 0 Å². The van der Waals surface area contributed by atoms with Crippen LogP contribution in [0, 0.1) is 6.92 Å². The number of piperazine rings is 1. The van der Waals surface area contributed by atoms with E-state index < -0.39 is 10.0 Å². The summed E-state index contributed by atoms with van der Waals surface area (Å²) >= 11 is 0. The molecule has 27 heavy (non-hydrogen) atoms. The van der Waals surface area contributed by atoms with Crippen molar-refractivity contribution >= 4 is 15.9 Å². The maximum atomic E-state index is 13.0. The second kappa shape index (κ2) is 8.71. The molecule has 150 valence electrons. The summed E-state index contributed by atoms with van der Waals surface area (Å²) in [5, 5.41) is 3.13. The number of carbonyl (C=O) groups is 1. The minimum Gasteiger partial charge on any atom is -0.349 e. The van der Waals surface area contributed by atoms with Gasteiger partial charge in [0.2, 0.25) is 10.0 Å². The number of hydrogen-bond donors (Lipinski definition) is 1. The topological polar surface area (TPSA) is 69.7 Å². The Labute approximate surface area is 163 Å². The Morgan fingerprint density at radius 3 is 2.30 bits per heavy atom. The van der Waals surface area contributed by atoms with Crippen LogP contribution in [-0.4, -0.2) is 62.8 Å². The van der Waals surface area contributed by atoms with Crippen LogP contribution >= 0.6 is 0 Å². The molecule has 0 aromatic heterocycles. The van der Waals surface area contributed by atoms with Crippen LogP contribution in [0.3, 0.4) is 0 Å². The smallest absolute Gasteiger partial charge is 0.251 e. The van der Waals surface area contributed by atoms with Gasteiger partial charge < -0.3 is 10.2 Å². The third-order valence-electron chi connectivity index (χ3n) is 5.74. The Morgan fingerprint density at radius 2 is 1.67 bits per heavy atom. The molecule has 7 heteroatoms. The van der Waals surface area contributed by atoms with E-state index in [1.54, 1.807) is 18.2 Å². The molecule has 1 saturated carbocycles. The normalized spacial score (nSPS) is 21.0. The van der Waals surface area contributed by atoms with Crippen molar-refractivity contribution in [2.24, 2.45) is 0 Å². The molecule has 0 bridgehead atoms. The van der Waals surface area contributed by atoms with Crippen molar-refractivity contribution in [2.75, 3.05) is 33.2 Å². The third kappa shape index (κ3) is 4.89. The molecular formula is C20H31N3O3S. The van der Waals surface area contributed by atoms with Crippen molar-refractivity contribution < 1.29 is 13.2 Å². The zero-order valence-corrected chi connectivity index (χ0v) is 17.2. The summed E-state index contributed by atoms with van der Waals surface area (Å²) < 4.78 is 27.5. The van der Waals surface area contributed by atoms with Crippen molar-refractivity contribution in [3.8, 4) is 0 Å². The first kappa shape index (κ1) is 20.3. The van der Waals surface area contributed by atoms with E-state index in [2.05, 4.69) is 10.2 Å². The van der Waals surface area contributed by atoms with Gasteiger partial charge in [-0.2, -0.15) is 4.31 Å². The van der Waals surface area contributed by atoms with Crippen LogP contribution in [-0.2, 0) is 10.0 Å². The molecule has 1 aliphatic heterocycles. The van der Waals surface area contributed by atoms with Crippen molar-refractivity contribution in [3.63, 3.8) is 0 Å². The minimum absolute atomic E-state index is 0.158. The van der Waals surface area contributed by atoms with E-state index in [9.17, 15) is 13.2 Å². The highest BCUT2D eigenvalue weighted by Gasteiger charge is 2.28. The van der Waals surface area contributed by atoms with Gasteiger partial charge in [0.25, 0.3) is 5.91 Å². The number of nitrogens with zero attached hydrogens (tertiary/aromatic N) is 2. The number of benzene rings is 1. The number of carbonyl (C=O) groups excluding carboxylic acids is 1. The van der Waals surface area contributed by atoms with Crippen LogP contribution in [0.25, 0.3) is 0 Å². The first-order valence-corrected chi connectivity index (χ1v) is 11.4. The van der Waals surface area contributed by atoms with E-state index >= 15 is 0 Å². The molecule has 1 aromatic rings. The maximum absolute atomic E-state index is 13.0. The number of nitrogens with one attached hydrogen (secondary N) is 1. The van der Waals surface area contributed by atoms with Gasteiger partial charge in [-0.05, 0) is 44.5 Å². The van der Waals surface area contributed by atoms with Crippen molar-refractivity contribution in [2.45, 2.75) is 56.4 Å². The highest BCUT2D eigenvalue weighted by atomic mass is 32.2. The molecule has 1 heterocycles. The van der Waals surface area contributed by atoms with Crippen LogP contribution < -0.4 is 5.32 Å². The molecule has 0 spiro atoms. The summed E-state index contributed by atoms with van der Waals surface area (Å²) in [6, 6.07) is 5.10. The predicted octanol–water partition coefficient (Wildman–Crippen LogP) is 2.38. The van der Waals surface area contributed by atoms with Crippen molar-refractivity contribution in [3.05, 3.63) is 29.3 Å².